The zero-order valence-electron chi connectivity index (χ0n) is 18.0. The molecule has 11 heteroatoms. The number of hydrogen-bond donors (Lipinski definition) is 0. The highest BCUT2D eigenvalue weighted by Crippen LogP contribution is 2.38. The first kappa shape index (κ1) is 24.9. The van der Waals surface area contributed by atoms with Crippen molar-refractivity contribution in [3.8, 4) is 11.5 Å². The Morgan fingerprint density at radius 1 is 1.14 bits per heavy atom. The molecular weight excluding hydrogens is 608 g/mol. The Kier molecular flexibility index (Phi) is 7.54. The number of cyclic esters (lactones) is 1. The molecule has 4 rings (SSSR count). The molecule has 0 aliphatic carbocycles. The smallest absolute Gasteiger partial charge is 0.363 e. The van der Waals surface area contributed by atoms with Crippen LogP contribution in [0.4, 0.5) is 5.69 Å². The van der Waals surface area contributed by atoms with Gasteiger partial charge in [-0.15, -0.1) is 0 Å². The Balaban J connectivity index is 1.63. The second-order valence-electron chi connectivity index (χ2n) is 7.17. The Bertz CT molecular complexity index is 1410. The second-order valence-corrected chi connectivity index (χ2v) is 9.29. The second kappa shape index (κ2) is 10.6. The van der Waals surface area contributed by atoms with Gasteiger partial charge in [0.1, 0.15) is 6.61 Å². The summed E-state index contributed by atoms with van der Waals surface area (Å²) in [6.45, 7) is 0.306. The van der Waals surface area contributed by atoms with Gasteiger partial charge in [0.15, 0.2) is 17.2 Å². The summed E-state index contributed by atoms with van der Waals surface area (Å²) in [5.41, 5.74) is 1.49. The number of nitro benzene ring substituents is 1. The van der Waals surface area contributed by atoms with E-state index < -0.39 is 10.9 Å². The van der Waals surface area contributed by atoms with Gasteiger partial charge in [-0.3, -0.25) is 10.1 Å². The molecular formula is C24H15Br2ClN2O6. The maximum absolute atomic E-state index is 12.4. The van der Waals surface area contributed by atoms with Crippen molar-refractivity contribution in [3.05, 3.63) is 101 Å². The van der Waals surface area contributed by atoms with Gasteiger partial charge in [-0.05, 0) is 51.8 Å². The summed E-state index contributed by atoms with van der Waals surface area (Å²) >= 11 is 13.1. The monoisotopic (exact) mass is 620 g/mol. The van der Waals surface area contributed by atoms with Gasteiger partial charge in [0.25, 0.3) is 5.69 Å². The molecule has 8 nitrogen and oxygen atoms in total. The third-order valence-corrected chi connectivity index (χ3v) is 6.59. The molecule has 3 aromatic carbocycles. The quantitative estimate of drug-likeness (QED) is 0.126. The van der Waals surface area contributed by atoms with Gasteiger partial charge in [-0.25, -0.2) is 9.79 Å². The van der Waals surface area contributed by atoms with Crippen LogP contribution >= 0.6 is 43.5 Å². The lowest BCUT2D eigenvalue weighted by Crippen LogP contribution is -2.06. The van der Waals surface area contributed by atoms with Crippen LogP contribution in [0.25, 0.3) is 6.08 Å². The number of halogens is 3. The third-order valence-electron chi connectivity index (χ3n) is 4.90. The van der Waals surface area contributed by atoms with E-state index in [2.05, 4.69) is 36.9 Å². The summed E-state index contributed by atoms with van der Waals surface area (Å²) in [4.78, 5) is 27.1. The molecule has 0 spiro atoms. The number of esters is 1. The molecule has 1 aliphatic rings. The lowest BCUT2D eigenvalue weighted by molar-refractivity contribution is -0.384. The molecule has 0 N–H and O–H groups in total. The molecule has 0 unspecified atom stereocenters. The van der Waals surface area contributed by atoms with Crippen molar-refractivity contribution in [1.82, 2.24) is 0 Å². The number of carbonyl (C=O) groups excluding carboxylic acids is 1. The normalized spacial score (nSPS) is 14.0. The molecule has 0 saturated carbocycles. The number of non-ortho nitro benzene ring substituents is 1. The molecule has 0 aromatic heterocycles. The van der Waals surface area contributed by atoms with E-state index in [1.165, 1.54) is 31.4 Å². The maximum Gasteiger partial charge on any atom is 0.363 e. The summed E-state index contributed by atoms with van der Waals surface area (Å²) in [7, 11) is 1.51. The Labute approximate surface area is 221 Å². The van der Waals surface area contributed by atoms with Gasteiger partial charge in [0, 0.05) is 22.2 Å². The standard InChI is InChI=1S/C24H15Br2ClN2O6/c1-33-21-10-13(8-18(26)22(21)34-12-14-4-2-3-5-17(14)25)9-20-24(30)35-23(28-20)16-11-15(29(31)32)6-7-19(16)27/h2-11H,12H2,1H3/b20-9-. The Hall–Kier alpha value is -3.21. The number of hydrogen-bond acceptors (Lipinski definition) is 7. The van der Waals surface area contributed by atoms with Gasteiger partial charge in [-0.1, -0.05) is 45.7 Å². The van der Waals surface area contributed by atoms with E-state index in [9.17, 15) is 14.9 Å². The largest absolute Gasteiger partial charge is 0.493 e. The molecule has 1 heterocycles. The van der Waals surface area contributed by atoms with Crippen molar-refractivity contribution in [1.29, 1.82) is 0 Å². The van der Waals surface area contributed by atoms with E-state index in [-0.39, 0.29) is 27.9 Å². The van der Waals surface area contributed by atoms with Crippen LogP contribution in [0.1, 0.15) is 16.7 Å². The number of nitrogens with zero attached hydrogens (tertiary/aromatic N) is 2. The fourth-order valence-electron chi connectivity index (χ4n) is 3.20. The molecule has 0 atom stereocenters. The number of carbonyl (C=O) groups is 1. The molecule has 0 saturated heterocycles. The van der Waals surface area contributed by atoms with Crippen molar-refractivity contribution in [2.24, 2.45) is 4.99 Å². The van der Waals surface area contributed by atoms with Crippen LogP contribution < -0.4 is 9.47 Å². The lowest BCUT2D eigenvalue weighted by atomic mass is 10.1. The predicted octanol–water partition coefficient (Wildman–Crippen LogP) is 6.71. The number of methoxy groups -OCH3 is 1. The van der Waals surface area contributed by atoms with Crippen molar-refractivity contribution < 1.29 is 23.9 Å². The van der Waals surface area contributed by atoms with E-state index >= 15 is 0 Å². The number of benzene rings is 3. The predicted molar refractivity (Wildman–Crippen MR) is 138 cm³/mol. The van der Waals surface area contributed by atoms with Crippen LogP contribution in [0.5, 0.6) is 11.5 Å². The highest BCUT2D eigenvalue weighted by atomic mass is 79.9. The van der Waals surface area contributed by atoms with Crippen LogP contribution in [0.2, 0.25) is 5.02 Å². The highest BCUT2D eigenvalue weighted by Gasteiger charge is 2.27. The van der Waals surface area contributed by atoms with Crippen molar-refractivity contribution in [2.75, 3.05) is 7.11 Å². The molecule has 0 amide bonds. The molecule has 1 aliphatic heterocycles. The zero-order chi connectivity index (χ0) is 25.1. The van der Waals surface area contributed by atoms with E-state index in [0.29, 0.717) is 28.1 Å². The van der Waals surface area contributed by atoms with E-state index in [0.717, 1.165) is 10.0 Å². The molecule has 3 aromatic rings. The molecule has 178 valence electrons. The first-order valence-electron chi connectivity index (χ1n) is 9.97. The average Bonchev–Trinajstić information content (AvgIpc) is 3.18. The Morgan fingerprint density at radius 3 is 2.63 bits per heavy atom. The number of ether oxygens (including phenoxy) is 3. The van der Waals surface area contributed by atoms with Crippen LogP contribution in [0.15, 0.2) is 74.2 Å². The number of rotatable bonds is 7. The average molecular weight is 623 g/mol. The minimum absolute atomic E-state index is 0.00147. The molecule has 0 bridgehead atoms. The SMILES string of the molecule is COc1cc(/C=C2\N=C(c3cc([N+](=O)[O-])ccc3Cl)OC2=O)cc(Br)c1OCc1ccccc1Br. The fourth-order valence-corrected chi connectivity index (χ4v) is 4.37. The fraction of sp³-hybridized carbons (Fsp3) is 0.0833. The van der Waals surface area contributed by atoms with Gasteiger partial charge in [-0.2, -0.15) is 0 Å². The van der Waals surface area contributed by atoms with Crippen LogP contribution in [0.3, 0.4) is 0 Å². The van der Waals surface area contributed by atoms with Crippen LogP contribution in [-0.4, -0.2) is 23.9 Å². The van der Waals surface area contributed by atoms with E-state index in [4.69, 9.17) is 25.8 Å². The number of aliphatic imine (C=N–C) groups is 1. The van der Waals surface area contributed by atoms with Gasteiger partial charge >= 0.3 is 5.97 Å². The summed E-state index contributed by atoms with van der Waals surface area (Å²) in [5.74, 6) is 0.101. The molecule has 35 heavy (non-hydrogen) atoms. The molecule has 0 fully saturated rings. The third kappa shape index (κ3) is 5.55. The summed E-state index contributed by atoms with van der Waals surface area (Å²) in [6.07, 6.45) is 1.51. The highest BCUT2D eigenvalue weighted by molar-refractivity contribution is 9.10. The van der Waals surface area contributed by atoms with Gasteiger partial charge < -0.3 is 14.2 Å². The number of nitro groups is 1. The van der Waals surface area contributed by atoms with Crippen molar-refractivity contribution >= 4 is 67.1 Å². The van der Waals surface area contributed by atoms with Gasteiger partial charge in [0.05, 0.1) is 27.1 Å². The van der Waals surface area contributed by atoms with E-state index in [1.807, 2.05) is 24.3 Å². The first-order chi connectivity index (χ1) is 16.8. The maximum atomic E-state index is 12.4. The summed E-state index contributed by atoms with van der Waals surface area (Å²) < 4.78 is 18.2. The lowest BCUT2D eigenvalue weighted by Gasteiger charge is -2.14. The van der Waals surface area contributed by atoms with Crippen LogP contribution in [-0.2, 0) is 16.1 Å². The first-order valence-corrected chi connectivity index (χ1v) is 11.9. The van der Waals surface area contributed by atoms with Gasteiger partial charge in [0.2, 0.25) is 5.90 Å². The Morgan fingerprint density at radius 2 is 1.91 bits per heavy atom. The van der Waals surface area contributed by atoms with E-state index in [1.54, 1.807) is 12.1 Å². The minimum atomic E-state index is -0.716. The van der Waals surface area contributed by atoms with Crippen LogP contribution in [0, 0.1) is 10.1 Å². The summed E-state index contributed by atoms with van der Waals surface area (Å²) in [6, 6.07) is 14.9. The molecule has 0 radical (unpaired) electrons. The zero-order valence-corrected chi connectivity index (χ0v) is 21.9. The summed E-state index contributed by atoms with van der Waals surface area (Å²) in [5, 5.41) is 11.3. The minimum Gasteiger partial charge on any atom is -0.493 e. The van der Waals surface area contributed by atoms with Crippen molar-refractivity contribution in [2.45, 2.75) is 6.61 Å². The van der Waals surface area contributed by atoms with Crippen molar-refractivity contribution in [3.63, 3.8) is 0 Å². The topological polar surface area (TPSA) is 100 Å².